The van der Waals surface area contributed by atoms with Crippen molar-refractivity contribution in [1.82, 2.24) is 4.98 Å². The van der Waals surface area contributed by atoms with E-state index >= 15 is 0 Å². The quantitative estimate of drug-likeness (QED) is 0.733. The van der Waals surface area contributed by atoms with Crippen LogP contribution in [0.1, 0.15) is 32.0 Å². The molecule has 2 aromatic carbocycles. The van der Waals surface area contributed by atoms with Crippen LogP contribution >= 0.6 is 11.6 Å². The Kier molecular flexibility index (Phi) is 4.38. The topological polar surface area (TPSA) is 62.3 Å². The Labute approximate surface area is 161 Å². The van der Waals surface area contributed by atoms with E-state index in [9.17, 15) is 9.59 Å². The first-order valence-electron chi connectivity index (χ1n) is 8.47. The summed E-state index contributed by atoms with van der Waals surface area (Å²) in [7, 11) is 0. The average Bonchev–Trinajstić information content (AvgIpc) is 2.99. The lowest BCUT2D eigenvalue weighted by Crippen LogP contribution is -2.23. The zero-order chi connectivity index (χ0) is 19.0. The molecule has 0 radical (unpaired) electrons. The maximum atomic E-state index is 12.6. The van der Waals surface area contributed by atoms with Gasteiger partial charge in [-0.05, 0) is 48.4 Å². The number of nitrogens with zero attached hydrogens (tertiary/aromatic N) is 2. The largest absolute Gasteiger partial charge is 0.321 e. The van der Waals surface area contributed by atoms with Crippen molar-refractivity contribution in [3.05, 3.63) is 88.2 Å². The SMILES string of the molecule is Cc1cccnc1C(=O)Nc1ccc(N2Cc3ccccc3C2=O)c(Cl)c1. The molecule has 0 saturated heterocycles. The summed E-state index contributed by atoms with van der Waals surface area (Å²) in [6.45, 7) is 2.31. The number of pyridine rings is 1. The standard InChI is InChI=1S/C21H16ClN3O2/c1-13-5-4-10-23-19(13)20(26)24-15-8-9-18(17(22)11-15)25-12-14-6-2-3-7-16(14)21(25)27/h2-11H,12H2,1H3,(H,24,26). The van der Waals surface area contributed by atoms with Crippen LogP contribution in [0.3, 0.4) is 0 Å². The first-order valence-corrected chi connectivity index (χ1v) is 8.84. The van der Waals surface area contributed by atoms with Crippen molar-refractivity contribution in [2.45, 2.75) is 13.5 Å². The summed E-state index contributed by atoms with van der Waals surface area (Å²) in [6.07, 6.45) is 1.58. The lowest BCUT2D eigenvalue weighted by molar-refractivity contribution is 0.0993. The second-order valence-electron chi connectivity index (χ2n) is 6.34. The predicted octanol–water partition coefficient (Wildman–Crippen LogP) is 4.46. The van der Waals surface area contributed by atoms with Crippen LogP contribution in [0.4, 0.5) is 11.4 Å². The number of nitrogens with one attached hydrogen (secondary N) is 1. The van der Waals surface area contributed by atoms with Gasteiger partial charge >= 0.3 is 0 Å². The van der Waals surface area contributed by atoms with E-state index in [0.29, 0.717) is 34.2 Å². The molecule has 1 N–H and O–H groups in total. The molecule has 0 aliphatic carbocycles. The van der Waals surface area contributed by atoms with Crippen LogP contribution in [0.5, 0.6) is 0 Å². The Morgan fingerprint density at radius 2 is 1.96 bits per heavy atom. The first-order chi connectivity index (χ1) is 13.0. The number of rotatable bonds is 3. The maximum absolute atomic E-state index is 12.6. The summed E-state index contributed by atoms with van der Waals surface area (Å²) < 4.78 is 0. The molecule has 2 amide bonds. The van der Waals surface area contributed by atoms with Crippen molar-refractivity contribution < 1.29 is 9.59 Å². The van der Waals surface area contributed by atoms with E-state index < -0.39 is 0 Å². The minimum absolute atomic E-state index is 0.0756. The van der Waals surface area contributed by atoms with Crippen molar-refractivity contribution in [3.8, 4) is 0 Å². The Morgan fingerprint density at radius 3 is 2.70 bits per heavy atom. The van der Waals surface area contributed by atoms with E-state index in [1.54, 1.807) is 35.4 Å². The lowest BCUT2D eigenvalue weighted by atomic mass is 10.1. The lowest BCUT2D eigenvalue weighted by Gasteiger charge is -2.18. The van der Waals surface area contributed by atoms with Gasteiger partial charge in [0.05, 0.1) is 17.3 Å². The van der Waals surface area contributed by atoms with Gasteiger partial charge in [-0.25, -0.2) is 0 Å². The van der Waals surface area contributed by atoms with Crippen molar-refractivity contribution in [1.29, 1.82) is 0 Å². The zero-order valence-electron chi connectivity index (χ0n) is 14.6. The van der Waals surface area contributed by atoms with E-state index in [1.807, 2.05) is 37.3 Å². The predicted molar refractivity (Wildman–Crippen MR) is 105 cm³/mol. The molecule has 1 aromatic heterocycles. The van der Waals surface area contributed by atoms with Gasteiger partial charge in [-0.2, -0.15) is 0 Å². The molecule has 0 bridgehead atoms. The molecule has 0 spiro atoms. The number of halogens is 1. The number of carbonyl (C=O) groups is 2. The Hall–Kier alpha value is -3.18. The number of aromatic nitrogens is 1. The summed E-state index contributed by atoms with van der Waals surface area (Å²) in [6, 6.07) is 16.2. The van der Waals surface area contributed by atoms with E-state index in [4.69, 9.17) is 11.6 Å². The third-order valence-electron chi connectivity index (χ3n) is 4.54. The molecule has 0 atom stereocenters. The highest BCUT2D eigenvalue weighted by Gasteiger charge is 2.29. The number of amides is 2. The van der Waals surface area contributed by atoms with Crippen LogP contribution in [-0.4, -0.2) is 16.8 Å². The minimum atomic E-state index is -0.304. The van der Waals surface area contributed by atoms with Crippen LogP contribution in [0.25, 0.3) is 0 Å². The van der Waals surface area contributed by atoms with Gasteiger partial charge in [0, 0.05) is 17.4 Å². The summed E-state index contributed by atoms with van der Waals surface area (Å²) in [4.78, 5) is 30.8. The number of anilines is 2. The van der Waals surface area contributed by atoms with Gasteiger partial charge < -0.3 is 10.2 Å². The van der Waals surface area contributed by atoms with Crippen LogP contribution in [0, 0.1) is 6.92 Å². The molecule has 27 heavy (non-hydrogen) atoms. The van der Waals surface area contributed by atoms with Gasteiger partial charge in [0.2, 0.25) is 0 Å². The second-order valence-corrected chi connectivity index (χ2v) is 6.74. The fourth-order valence-corrected chi connectivity index (χ4v) is 3.45. The average molecular weight is 378 g/mol. The van der Waals surface area contributed by atoms with E-state index in [0.717, 1.165) is 11.1 Å². The number of benzene rings is 2. The Bertz CT molecular complexity index is 1060. The zero-order valence-corrected chi connectivity index (χ0v) is 15.3. The normalized spacial score (nSPS) is 12.8. The molecule has 6 heteroatoms. The summed E-state index contributed by atoms with van der Waals surface area (Å²) in [5, 5.41) is 3.19. The van der Waals surface area contributed by atoms with E-state index in [-0.39, 0.29) is 11.8 Å². The third-order valence-corrected chi connectivity index (χ3v) is 4.84. The molecular formula is C21H16ClN3O2. The second kappa shape index (κ2) is 6.85. The molecule has 5 nitrogen and oxygen atoms in total. The van der Waals surface area contributed by atoms with Crippen molar-refractivity contribution in [2.24, 2.45) is 0 Å². The number of hydrogen-bond acceptors (Lipinski definition) is 3. The van der Waals surface area contributed by atoms with E-state index in [1.165, 1.54) is 0 Å². The summed E-state index contributed by atoms with van der Waals surface area (Å²) >= 11 is 6.42. The first kappa shape index (κ1) is 17.2. The molecular weight excluding hydrogens is 362 g/mol. The molecule has 1 aliphatic heterocycles. The highest BCUT2D eigenvalue weighted by Crippen LogP contribution is 2.34. The molecule has 4 rings (SSSR count). The monoisotopic (exact) mass is 377 g/mol. The molecule has 2 heterocycles. The number of fused-ring (bicyclic) bond motifs is 1. The van der Waals surface area contributed by atoms with Gasteiger partial charge in [0.15, 0.2) is 0 Å². The molecule has 1 aliphatic rings. The maximum Gasteiger partial charge on any atom is 0.274 e. The number of carbonyl (C=O) groups excluding carboxylic acids is 2. The minimum Gasteiger partial charge on any atom is -0.321 e. The van der Waals surface area contributed by atoms with Gasteiger partial charge in [0.25, 0.3) is 11.8 Å². The summed E-state index contributed by atoms with van der Waals surface area (Å²) in [5.41, 5.74) is 3.98. The summed E-state index contributed by atoms with van der Waals surface area (Å²) in [5.74, 6) is -0.380. The van der Waals surface area contributed by atoms with Crippen LogP contribution in [0.15, 0.2) is 60.8 Å². The number of hydrogen-bond donors (Lipinski definition) is 1. The third kappa shape index (κ3) is 3.17. The van der Waals surface area contributed by atoms with Gasteiger partial charge in [-0.3, -0.25) is 14.6 Å². The fraction of sp³-hybridized carbons (Fsp3) is 0.0952. The highest BCUT2D eigenvalue weighted by molar-refractivity contribution is 6.34. The Balaban J connectivity index is 1.56. The van der Waals surface area contributed by atoms with Crippen LogP contribution in [0.2, 0.25) is 5.02 Å². The van der Waals surface area contributed by atoms with Gasteiger partial charge in [-0.15, -0.1) is 0 Å². The Morgan fingerprint density at radius 1 is 1.15 bits per heavy atom. The molecule has 0 fully saturated rings. The fourth-order valence-electron chi connectivity index (χ4n) is 3.17. The van der Waals surface area contributed by atoms with E-state index in [2.05, 4.69) is 10.3 Å². The van der Waals surface area contributed by atoms with Crippen molar-refractivity contribution in [3.63, 3.8) is 0 Å². The molecule has 3 aromatic rings. The van der Waals surface area contributed by atoms with Crippen molar-refractivity contribution in [2.75, 3.05) is 10.2 Å². The smallest absolute Gasteiger partial charge is 0.274 e. The van der Waals surface area contributed by atoms with Crippen LogP contribution in [-0.2, 0) is 6.54 Å². The molecule has 134 valence electrons. The van der Waals surface area contributed by atoms with Gasteiger partial charge in [0.1, 0.15) is 5.69 Å². The molecule has 0 saturated carbocycles. The number of aryl methyl sites for hydroxylation is 1. The van der Waals surface area contributed by atoms with Crippen molar-refractivity contribution >= 4 is 34.8 Å². The highest BCUT2D eigenvalue weighted by atomic mass is 35.5. The molecule has 0 unspecified atom stereocenters. The van der Waals surface area contributed by atoms with Crippen LogP contribution < -0.4 is 10.2 Å². The van der Waals surface area contributed by atoms with Gasteiger partial charge in [-0.1, -0.05) is 35.9 Å².